The highest BCUT2D eigenvalue weighted by molar-refractivity contribution is 9.10. The van der Waals surface area contributed by atoms with Crippen LogP contribution in [0.25, 0.3) is 0 Å². The van der Waals surface area contributed by atoms with E-state index in [0.29, 0.717) is 11.5 Å². The van der Waals surface area contributed by atoms with Crippen molar-refractivity contribution in [3.8, 4) is 0 Å². The van der Waals surface area contributed by atoms with Crippen molar-refractivity contribution in [1.29, 1.82) is 0 Å². The molecule has 18 heavy (non-hydrogen) atoms. The first-order chi connectivity index (χ1) is 8.36. The lowest BCUT2D eigenvalue weighted by Crippen LogP contribution is -2.12. The van der Waals surface area contributed by atoms with Crippen LogP contribution in [0.4, 0.5) is 5.82 Å². The van der Waals surface area contributed by atoms with E-state index in [0.717, 1.165) is 10.2 Å². The van der Waals surface area contributed by atoms with Crippen molar-refractivity contribution in [3.05, 3.63) is 34.2 Å². The Kier molecular flexibility index (Phi) is 3.30. The summed E-state index contributed by atoms with van der Waals surface area (Å²) >= 11 is 3.28. The van der Waals surface area contributed by atoms with Crippen LogP contribution in [0.3, 0.4) is 0 Å². The van der Waals surface area contributed by atoms with Crippen LogP contribution in [0.15, 0.2) is 22.8 Å². The molecule has 2 rings (SSSR count). The van der Waals surface area contributed by atoms with E-state index in [-0.39, 0.29) is 11.3 Å². The first kappa shape index (κ1) is 12.9. The molecule has 0 aliphatic carbocycles. The van der Waals surface area contributed by atoms with Crippen molar-refractivity contribution in [2.24, 2.45) is 0 Å². The van der Waals surface area contributed by atoms with Crippen molar-refractivity contribution in [3.63, 3.8) is 0 Å². The van der Waals surface area contributed by atoms with Gasteiger partial charge in [0.05, 0.1) is 0 Å². The van der Waals surface area contributed by atoms with Gasteiger partial charge in [-0.1, -0.05) is 20.8 Å². The number of amides is 1. The van der Waals surface area contributed by atoms with E-state index >= 15 is 0 Å². The number of anilines is 1. The van der Waals surface area contributed by atoms with Gasteiger partial charge in [-0.3, -0.25) is 9.89 Å². The van der Waals surface area contributed by atoms with Crippen molar-refractivity contribution in [2.75, 3.05) is 5.32 Å². The standard InChI is InChI=1S/C12H15BrN4O/c1-12(2,3)9-5-10(17-16-9)15-11(18)8-4-7(13)6-14-8/h4-6,14H,1-3H3,(H2,15,16,17,18). The molecule has 0 atom stereocenters. The smallest absolute Gasteiger partial charge is 0.273 e. The van der Waals surface area contributed by atoms with Crippen LogP contribution in [0.1, 0.15) is 37.0 Å². The van der Waals surface area contributed by atoms with E-state index < -0.39 is 0 Å². The second-order valence-corrected chi connectivity index (χ2v) is 6.02. The Labute approximate surface area is 113 Å². The average Bonchev–Trinajstić information content (AvgIpc) is 2.85. The van der Waals surface area contributed by atoms with Crippen LogP contribution in [-0.4, -0.2) is 21.1 Å². The van der Waals surface area contributed by atoms with E-state index in [1.165, 1.54) is 0 Å². The summed E-state index contributed by atoms with van der Waals surface area (Å²) in [7, 11) is 0. The normalized spacial score (nSPS) is 11.6. The average molecular weight is 311 g/mol. The van der Waals surface area contributed by atoms with Gasteiger partial charge in [-0.25, -0.2) is 0 Å². The van der Waals surface area contributed by atoms with Gasteiger partial charge in [-0.15, -0.1) is 0 Å². The minimum absolute atomic E-state index is 0.0224. The number of halogens is 1. The Morgan fingerprint density at radius 1 is 1.39 bits per heavy atom. The van der Waals surface area contributed by atoms with E-state index in [1.54, 1.807) is 12.3 Å². The Morgan fingerprint density at radius 3 is 2.61 bits per heavy atom. The minimum atomic E-state index is -0.215. The largest absolute Gasteiger partial charge is 0.356 e. The molecule has 6 heteroatoms. The molecule has 1 amide bonds. The highest BCUT2D eigenvalue weighted by Gasteiger charge is 2.17. The number of hydrogen-bond donors (Lipinski definition) is 3. The lowest BCUT2D eigenvalue weighted by molar-refractivity contribution is 0.102. The van der Waals surface area contributed by atoms with Crippen molar-refractivity contribution < 1.29 is 4.79 Å². The molecular formula is C12H15BrN4O. The summed E-state index contributed by atoms with van der Waals surface area (Å²) in [6, 6.07) is 3.56. The summed E-state index contributed by atoms with van der Waals surface area (Å²) in [6.07, 6.45) is 1.71. The van der Waals surface area contributed by atoms with Gasteiger partial charge in [-0.05, 0) is 22.0 Å². The quantitative estimate of drug-likeness (QED) is 0.797. The predicted molar refractivity (Wildman–Crippen MR) is 73.7 cm³/mol. The van der Waals surface area contributed by atoms with E-state index in [4.69, 9.17) is 0 Å². The highest BCUT2D eigenvalue weighted by atomic mass is 79.9. The van der Waals surface area contributed by atoms with E-state index in [1.807, 2.05) is 6.07 Å². The zero-order valence-corrected chi connectivity index (χ0v) is 12.1. The molecule has 0 fully saturated rings. The molecule has 0 aliphatic heterocycles. The Bertz CT molecular complexity index is 565. The van der Waals surface area contributed by atoms with Gasteiger partial charge in [0, 0.05) is 27.8 Å². The van der Waals surface area contributed by atoms with Crippen molar-refractivity contribution in [2.45, 2.75) is 26.2 Å². The molecule has 5 nitrogen and oxygen atoms in total. The molecule has 96 valence electrons. The summed E-state index contributed by atoms with van der Waals surface area (Å²) in [5.74, 6) is 0.309. The molecule has 0 radical (unpaired) electrons. The summed E-state index contributed by atoms with van der Waals surface area (Å²) in [4.78, 5) is 14.7. The molecule has 0 aromatic carbocycles. The van der Waals surface area contributed by atoms with Crippen LogP contribution >= 0.6 is 15.9 Å². The molecule has 2 aromatic heterocycles. The van der Waals surface area contributed by atoms with Gasteiger partial charge in [0.1, 0.15) is 5.69 Å². The number of aromatic nitrogens is 3. The number of aromatic amines is 2. The maximum atomic E-state index is 11.9. The lowest BCUT2D eigenvalue weighted by Gasteiger charge is -2.14. The van der Waals surface area contributed by atoms with Crippen LogP contribution < -0.4 is 5.32 Å². The fraction of sp³-hybridized carbons (Fsp3) is 0.333. The van der Waals surface area contributed by atoms with Crippen LogP contribution in [0.2, 0.25) is 0 Å². The maximum Gasteiger partial charge on any atom is 0.273 e. The lowest BCUT2D eigenvalue weighted by atomic mass is 9.92. The first-order valence-corrected chi connectivity index (χ1v) is 6.37. The minimum Gasteiger partial charge on any atom is -0.356 e. The SMILES string of the molecule is CC(C)(C)c1cc(NC(=O)c2cc(Br)c[nH]2)n[nH]1. The Hall–Kier alpha value is -1.56. The summed E-state index contributed by atoms with van der Waals surface area (Å²) in [6.45, 7) is 6.23. The Balaban J connectivity index is 2.10. The fourth-order valence-corrected chi connectivity index (χ4v) is 1.80. The molecule has 0 saturated heterocycles. The van der Waals surface area contributed by atoms with Gasteiger partial charge >= 0.3 is 0 Å². The van der Waals surface area contributed by atoms with Gasteiger partial charge in [0.2, 0.25) is 0 Å². The topological polar surface area (TPSA) is 73.6 Å². The van der Waals surface area contributed by atoms with Gasteiger partial charge in [0.15, 0.2) is 5.82 Å². The highest BCUT2D eigenvalue weighted by Crippen LogP contribution is 2.22. The van der Waals surface area contributed by atoms with E-state index in [2.05, 4.69) is 57.2 Å². The fourth-order valence-electron chi connectivity index (χ4n) is 1.45. The van der Waals surface area contributed by atoms with Crippen LogP contribution in [0, 0.1) is 0 Å². The Morgan fingerprint density at radius 2 is 2.11 bits per heavy atom. The van der Waals surface area contributed by atoms with Crippen LogP contribution in [0.5, 0.6) is 0 Å². The number of nitrogens with zero attached hydrogens (tertiary/aromatic N) is 1. The molecular weight excluding hydrogens is 296 g/mol. The zero-order valence-electron chi connectivity index (χ0n) is 10.5. The third-order valence-electron chi connectivity index (χ3n) is 2.52. The number of rotatable bonds is 2. The molecule has 0 saturated carbocycles. The van der Waals surface area contributed by atoms with Crippen LogP contribution in [-0.2, 0) is 5.41 Å². The predicted octanol–water partition coefficient (Wildman–Crippen LogP) is 3.05. The second kappa shape index (κ2) is 4.61. The molecule has 0 spiro atoms. The maximum absolute atomic E-state index is 11.9. The molecule has 2 aromatic rings. The number of carbonyl (C=O) groups is 1. The molecule has 0 unspecified atom stereocenters. The summed E-state index contributed by atoms with van der Waals surface area (Å²) < 4.78 is 0.838. The van der Waals surface area contributed by atoms with Gasteiger partial charge in [0.25, 0.3) is 5.91 Å². The van der Waals surface area contributed by atoms with Gasteiger partial charge in [-0.2, -0.15) is 5.10 Å². The van der Waals surface area contributed by atoms with E-state index in [9.17, 15) is 4.79 Å². The molecule has 3 N–H and O–H groups in total. The molecule has 0 bridgehead atoms. The third kappa shape index (κ3) is 2.81. The first-order valence-electron chi connectivity index (χ1n) is 5.57. The number of carbonyl (C=O) groups excluding carboxylic acids is 1. The monoisotopic (exact) mass is 310 g/mol. The van der Waals surface area contributed by atoms with Crippen molar-refractivity contribution in [1.82, 2.24) is 15.2 Å². The van der Waals surface area contributed by atoms with Crippen molar-refractivity contribution >= 4 is 27.7 Å². The number of nitrogens with one attached hydrogen (secondary N) is 3. The molecule has 2 heterocycles. The summed E-state index contributed by atoms with van der Waals surface area (Å²) in [5.41, 5.74) is 1.44. The second-order valence-electron chi connectivity index (χ2n) is 5.10. The number of hydrogen-bond acceptors (Lipinski definition) is 2. The molecule has 0 aliphatic rings. The third-order valence-corrected chi connectivity index (χ3v) is 2.98. The summed E-state index contributed by atoms with van der Waals surface area (Å²) in [5, 5.41) is 9.73. The number of H-pyrrole nitrogens is 2. The van der Waals surface area contributed by atoms with Gasteiger partial charge < -0.3 is 10.3 Å². The zero-order chi connectivity index (χ0) is 13.3.